The van der Waals surface area contributed by atoms with E-state index in [0.29, 0.717) is 5.69 Å². The zero-order valence-corrected chi connectivity index (χ0v) is 13.1. The number of nitrogens with zero attached hydrogens (tertiary/aromatic N) is 1. The Morgan fingerprint density at radius 3 is 2.68 bits per heavy atom. The minimum Gasteiger partial charge on any atom is -0.348 e. The molecule has 1 fully saturated rings. The van der Waals surface area contributed by atoms with E-state index in [9.17, 15) is 4.79 Å². The quantitative estimate of drug-likeness (QED) is 0.813. The molecule has 3 rings (SSSR count). The van der Waals surface area contributed by atoms with Gasteiger partial charge in [-0.1, -0.05) is 12.1 Å². The Hall–Kier alpha value is -2.14. The van der Waals surface area contributed by atoms with Gasteiger partial charge in [-0.15, -0.1) is 0 Å². The first-order valence-corrected chi connectivity index (χ1v) is 7.78. The highest BCUT2D eigenvalue weighted by Crippen LogP contribution is 2.21. The van der Waals surface area contributed by atoms with Gasteiger partial charge in [-0.2, -0.15) is 5.10 Å². The molecule has 0 aliphatic carbocycles. The van der Waals surface area contributed by atoms with Crippen LogP contribution in [0.2, 0.25) is 0 Å². The van der Waals surface area contributed by atoms with Crippen molar-refractivity contribution >= 4 is 5.91 Å². The van der Waals surface area contributed by atoms with Crippen LogP contribution in [0.3, 0.4) is 0 Å². The molecule has 22 heavy (non-hydrogen) atoms. The first-order chi connectivity index (χ1) is 10.6. The second kappa shape index (κ2) is 6.32. The molecule has 0 spiro atoms. The van der Waals surface area contributed by atoms with E-state index in [-0.39, 0.29) is 11.9 Å². The van der Waals surface area contributed by atoms with E-state index in [2.05, 4.69) is 46.8 Å². The molecule has 1 amide bonds. The van der Waals surface area contributed by atoms with Crippen molar-refractivity contribution in [3.8, 4) is 11.3 Å². The van der Waals surface area contributed by atoms with Crippen LogP contribution in [0.25, 0.3) is 11.3 Å². The van der Waals surface area contributed by atoms with Gasteiger partial charge in [0.15, 0.2) is 0 Å². The van der Waals surface area contributed by atoms with Crippen molar-refractivity contribution in [1.82, 2.24) is 20.8 Å². The normalized spacial score (nSPS) is 15.7. The summed E-state index contributed by atoms with van der Waals surface area (Å²) in [7, 11) is 0. The standard InChI is InChI=1S/C17H22N4O/c1-11-3-4-13(9-12(11)2)15-10-16(21-20-15)17(22)19-14-5-7-18-8-6-14/h3-4,9-10,14,18H,5-8H2,1-2H3,(H,19,22)(H,20,21). The second-order valence-electron chi connectivity index (χ2n) is 5.96. The molecular weight excluding hydrogens is 276 g/mol. The SMILES string of the molecule is Cc1ccc(-c2cc(C(=O)NC3CCNCC3)[nH]n2)cc1C. The number of carbonyl (C=O) groups is 1. The van der Waals surface area contributed by atoms with Crippen LogP contribution in [0.1, 0.15) is 34.5 Å². The van der Waals surface area contributed by atoms with Gasteiger partial charge in [0.25, 0.3) is 5.91 Å². The molecule has 3 N–H and O–H groups in total. The average molecular weight is 298 g/mol. The molecule has 0 atom stereocenters. The van der Waals surface area contributed by atoms with Gasteiger partial charge in [0.2, 0.25) is 0 Å². The third-order valence-corrected chi connectivity index (χ3v) is 4.30. The number of hydrogen-bond acceptors (Lipinski definition) is 3. The number of hydrogen-bond donors (Lipinski definition) is 3. The lowest BCUT2D eigenvalue weighted by Gasteiger charge is -2.23. The Morgan fingerprint density at radius 1 is 1.18 bits per heavy atom. The predicted octanol–water partition coefficient (Wildman–Crippen LogP) is 2.18. The van der Waals surface area contributed by atoms with Gasteiger partial charge in [0.1, 0.15) is 5.69 Å². The fourth-order valence-corrected chi connectivity index (χ4v) is 2.72. The lowest BCUT2D eigenvalue weighted by atomic mass is 10.0. The van der Waals surface area contributed by atoms with Crippen molar-refractivity contribution in [2.75, 3.05) is 13.1 Å². The van der Waals surface area contributed by atoms with Crippen LogP contribution in [0.15, 0.2) is 24.3 Å². The van der Waals surface area contributed by atoms with Gasteiger partial charge in [0, 0.05) is 11.6 Å². The Kier molecular flexibility index (Phi) is 4.24. The zero-order valence-electron chi connectivity index (χ0n) is 13.1. The Balaban J connectivity index is 1.72. The third-order valence-electron chi connectivity index (χ3n) is 4.30. The minimum atomic E-state index is -0.0746. The largest absolute Gasteiger partial charge is 0.348 e. The number of nitrogens with one attached hydrogen (secondary N) is 3. The number of aromatic amines is 1. The van der Waals surface area contributed by atoms with E-state index in [1.165, 1.54) is 11.1 Å². The van der Waals surface area contributed by atoms with Gasteiger partial charge < -0.3 is 10.6 Å². The van der Waals surface area contributed by atoms with Crippen LogP contribution in [0.4, 0.5) is 0 Å². The van der Waals surface area contributed by atoms with Crippen LogP contribution < -0.4 is 10.6 Å². The molecule has 116 valence electrons. The number of carbonyl (C=O) groups excluding carboxylic acids is 1. The molecule has 0 bridgehead atoms. The van der Waals surface area contributed by atoms with E-state index in [4.69, 9.17) is 0 Å². The highest BCUT2D eigenvalue weighted by molar-refractivity contribution is 5.93. The van der Waals surface area contributed by atoms with Crippen molar-refractivity contribution in [2.45, 2.75) is 32.7 Å². The Labute approximate surface area is 130 Å². The second-order valence-corrected chi connectivity index (χ2v) is 5.96. The number of aromatic nitrogens is 2. The maximum absolute atomic E-state index is 12.3. The smallest absolute Gasteiger partial charge is 0.269 e. The molecule has 0 unspecified atom stereocenters. The first kappa shape index (κ1) is 14.8. The van der Waals surface area contributed by atoms with E-state index in [1.54, 1.807) is 0 Å². The fraction of sp³-hybridized carbons (Fsp3) is 0.412. The molecule has 1 aromatic carbocycles. The summed E-state index contributed by atoms with van der Waals surface area (Å²) in [5, 5.41) is 13.5. The van der Waals surface area contributed by atoms with Crippen LogP contribution in [-0.4, -0.2) is 35.2 Å². The Morgan fingerprint density at radius 2 is 1.95 bits per heavy atom. The monoisotopic (exact) mass is 298 g/mol. The summed E-state index contributed by atoms with van der Waals surface area (Å²) in [6, 6.07) is 8.28. The number of aryl methyl sites for hydroxylation is 2. The van der Waals surface area contributed by atoms with Gasteiger partial charge in [-0.05, 0) is 63.0 Å². The molecule has 1 saturated heterocycles. The highest BCUT2D eigenvalue weighted by Gasteiger charge is 2.18. The molecule has 0 saturated carbocycles. The lowest BCUT2D eigenvalue weighted by Crippen LogP contribution is -2.42. The van der Waals surface area contributed by atoms with E-state index < -0.39 is 0 Å². The van der Waals surface area contributed by atoms with E-state index in [1.807, 2.05) is 12.1 Å². The molecule has 1 aromatic heterocycles. The van der Waals surface area contributed by atoms with Crippen molar-refractivity contribution < 1.29 is 4.79 Å². The summed E-state index contributed by atoms with van der Waals surface area (Å²) in [4.78, 5) is 12.3. The molecule has 5 heteroatoms. The highest BCUT2D eigenvalue weighted by atomic mass is 16.2. The van der Waals surface area contributed by atoms with Gasteiger partial charge in [-0.3, -0.25) is 9.89 Å². The van der Waals surface area contributed by atoms with Crippen molar-refractivity contribution in [3.63, 3.8) is 0 Å². The molecule has 1 aliphatic heterocycles. The van der Waals surface area contributed by atoms with Gasteiger partial charge >= 0.3 is 0 Å². The number of rotatable bonds is 3. The molecular formula is C17H22N4O. The molecule has 0 radical (unpaired) electrons. The maximum Gasteiger partial charge on any atom is 0.269 e. The van der Waals surface area contributed by atoms with Gasteiger partial charge in [0.05, 0.1) is 5.69 Å². The Bertz CT molecular complexity index is 671. The topological polar surface area (TPSA) is 69.8 Å². The zero-order chi connectivity index (χ0) is 15.5. The number of benzene rings is 1. The third kappa shape index (κ3) is 3.20. The number of H-pyrrole nitrogens is 1. The predicted molar refractivity (Wildman–Crippen MR) is 86.9 cm³/mol. The van der Waals surface area contributed by atoms with E-state index in [0.717, 1.165) is 37.2 Å². The molecule has 2 heterocycles. The number of amides is 1. The van der Waals surface area contributed by atoms with Crippen LogP contribution in [0, 0.1) is 13.8 Å². The van der Waals surface area contributed by atoms with Crippen LogP contribution in [-0.2, 0) is 0 Å². The van der Waals surface area contributed by atoms with Crippen molar-refractivity contribution in [1.29, 1.82) is 0 Å². The summed E-state index contributed by atoms with van der Waals surface area (Å²) in [6.07, 6.45) is 1.95. The van der Waals surface area contributed by atoms with Gasteiger partial charge in [-0.25, -0.2) is 0 Å². The van der Waals surface area contributed by atoms with Crippen LogP contribution >= 0.6 is 0 Å². The molecule has 5 nitrogen and oxygen atoms in total. The molecule has 2 aromatic rings. The lowest BCUT2D eigenvalue weighted by molar-refractivity contribution is 0.0924. The summed E-state index contributed by atoms with van der Waals surface area (Å²) < 4.78 is 0. The maximum atomic E-state index is 12.3. The molecule has 1 aliphatic rings. The summed E-state index contributed by atoms with van der Waals surface area (Å²) in [5.74, 6) is -0.0746. The van der Waals surface area contributed by atoms with Crippen molar-refractivity contribution in [2.24, 2.45) is 0 Å². The minimum absolute atomic E-state index is 0.0746. The fourth-order valence-electron chi connectivity index (χ4n) is 2.72. The summed E-state index contributed by atoms with van der Waals surface area (Å²) in [5.41, 5.74) is 4.83. The average Bonchev–Trinajstić information content (AvgIpc) is 3.01. The first-order valence-electron chi connectivity index (χ1n) is 7.78. The summed E-state index contributed by atoms with van der Waals surface area (Å²) >= 11 is 0. The number of piperidine rings is 1. The summed E-state index contributed by atoms with van der Waals surface area (Å²) in [6.45, 7) is 6.08. The van der Waals surface area contributed by atoms with Crippen LogP contribution in [0.5, 0.6) is 0 Å². The van der Waals surface area contributed by atoms with Crippen molar-refractivity contribution in [3.05, 3.63) is 41.1 Å². The van der Waals surface area contributed by atoms with E-state index >= 15 is 0 Å².